The number of likely N-dealkylation sites (tertiary alicyclic amines) is 1. The predicted octanol–water partition coefficient (Wildman–Crippen LogP) is 5.00. The highest BCUT2D eigenvalue weighted by atomic mass is 32.2. The summed E-state index contributed by atoms with van der Waals surface area (Å²) in [5, 5.41) is 1.15. The average molecular weight is 336 g/mol. The molecule has 1 aromatic carbocycles. The monoisotopic (exact) mass is 336 g/mol. The Bertz CT molecular complexity index is 708. The van der Waals surface area contributed by atoms with Crippen molar-refractivity contribution >= 4 is 22.7 Å². The first-order valence-electron chi connectivity index (χ1n) is 8.41. The number of aromatic amines is 1. The molecule has 0 unspecified atom stereocenters. The van der Waals surface area contributed by atoms with Crippen LogP contribution >= 0.6 is 11.8 Å². The summed E-state index contributed by atoms with van der Waals surface area (Å²) in [5.74, 6) is -1.71. The zero-order chi connectivity index (χ0) is 16.0. The summed E-state index contributed by atoms with van der Waals surface area (Å²) in [4.78, 5) is 6.68. The molecule has 2 heterocycles. The molecular weight excluding hydrogens is 314 g/mol. The fourth-order valence-corrected chi connectivity index (χ4v) is 4.38. The van der Waals surface area contributed by atoms with Gasteiger partial charge in [-0.25, -0.2) is 0 Å². The van der Waals surface area contributed by atoms with E-state index in [9.17, 15) is 8.78 Å². The standard InChI is InChI=1S/C18H22F2N2S/c1-22-8-2-3-12(22)9-15-14-10-13(23-18(19)20)6-7-16(14)21-17(15)11-4-5-11/h6-7,10-12,18,21H,2-5,8-9H2,1H3/t12-/m1/s1. The molecule has 0 spiro atoms. The van der Waals surface area contributed by atoms with Crippen LogP contribution in [0.2, 0.25) is 0 Å². The number of hydrogen-bond acceptors (Lipinski definition) is 2. The molecule has 1 aliphatic carbocycles. The highest BCUT2D eigenvalue weighted by Crippen LogP contribution is 2.44. The molecule has 124 valence electrons. The molecule has 1 atom stereocenters. The van der Waals surface area contributed by atoms with Crippen molar-refractivity contribution in [2.45, 2.75) is 54.7 Å². The maximum atomic E-state index is 12.7. The SMILES string of the molecule is CN1CCC[C@@H]1Cc1c(C2CC2)[nH]c2ccc(SC(F)F)cc12. The molecule has 2 nitrogen and oxygen atoms in total. The molecule has 0 radical (unpaired) electrons. The van der Waals surface area contributed by atoms with E-state index < -0.39 is 5.76 Å². The quantitative estimate of drug-likeness (QED) is 0.775. The molecule has 1 N–H and O–H groups in total. The third-order valence-electron chi connectivity index (χ3n) is 5.23. The minimum Gasteiger partial charge on any atom is -0.358 e. The molecule has 2 aliphatic rings. The smallest absolute Gasteiger partial charge is 0.288 e. The first kappa shape index (κ1) is 15.5. The van der Waals surface area contributed by atoms with Gasteiger partial charge in [-0.3, -0.25) is 0 Å². The van der Waals surface area contributed by atoms with Gasteiger partial charge in [0, 0.05) is 27.5 Å². The van der Waals surface area contributed by atoms with Crippen molar-refractivity contribution in [1.82, 2.24) is 9.88 Å². The fourth-order valence-electron chi connectivity index (χ4n) is 3.84. The molecule has 4 rings (SSSR count). The Balaban J connectivity index is 1.73. The average Bonchev–Trinajstić information content (AvgIpc) is 3.19. The Kier molecular flexibility index (Phi) is 4.10. The number of rotatable bonds is 5. The zero-order valence-corrected chi connectivity index (χ0v) is 14.1. The minimum atomic E-state index is -2.36. The van der Waals surface area contributed by atoms with E-state index in [4.69, 9.17) is 0 Å². The number of alkyl halides is 2. The van der Waals surface area contributed by atoms with E-state index in [1.807, 2.05) is 12.1 Å². The summed E-state index contributed by atoms with van der Waals surface area (Å²) in [5.41, 5.74) is 3.83. The van der Waals surface area contributed by atoms with Crippen molar-refractivity contribution < 1.29 is 8.78 Å². The summed E-state index contributed by atoms with van der Waals surface area (Å²) in [6.07, 6.45) is 6.02. The maximum Gasteiger partial charge on any atom is 0.288 e. The molecule has 1 saturated heterocycles. The topological polar surface area (TPSA) is 19.0 Å². The Morgan fingerprint density at radius 3 is 2.78 bits per heavy atom. The summed E-state index contributed by atoms with van der Waals surface area (Å²) in [6, 6.07) is 6.31. The van der Waals surface area contributed by atoms with Crippen LogP contribution in [0.15, 0.2) is 23.1 Å². The lowest BCUT2D eigenvalue weighted by Gasteiger charge is -2.20. The van der Waals surface area contributed by atoms with E-state index in [0.717, 1.165) is 23.9 Å². The van der Waals surface area contributed by atoms with Gasteiger partial charge in [-0.2, -0.15) is 8.78 Å². The van der Waals surface area contributed by atoms with Gasteiger partial charge in [-0.15, -0.1) is 0 Å². The highest BCUT2D eigenvalue weighted by Gasteiger charge is 2.31. The van der Waals surface area contributed by atoms with Crippen LogP contribution in [0.1, 0.15) is 42.9 Å². The number of halogens is 2. The number of H-pyrrole nitrogens is 1. The number of hydrogen-bond donors (Lipinski definition) is 1. The van der Waals surface area contributed by atoms with Crippen molar-refractivity contribution in [2.75, 3.05) is 13.6 Å². The molecule has 2 aromatic rings. The predicted molar refractivity (Wildman–Crippen MR) is 91.5 cm³/mol. The molecule has 1 aliphatic heterocycles. The number of nitrogens with zero attached hydrogens (tertiary/aromatic N) is 1. The van der Waals surface area contributed by atoms with Crippen LogP contribution in [0.5, 0.6) is 0 Å². The number of aromatic nitrogens is 1. The number of thioether (sulfide) groups is 1. The van der Waals surface area contributed by atoms with Gasteiger partial charge in [0.15, 0.2) is 0 Å². The third-order valence-corrected chi connectivity index (χ3v) is 5.94. The van der Waals surface area contributed by atoms with Gasteiger partial charge in [0.25, 0.3) is 5.76 Å². The van der Waals surface area contributed by atoms with Crippen LogP contribution in [0.25, 0.3) is 10.9 Å². The van der Waals surface area contributed by atoms with Crippen molar-refractivity contribution in [1.29, 1.82) is 0 Å². The molecule has 23 heavy (non-hydrogen) atoms. The van der Waals surface area contributed by atoms with Crippen LogP contribution in [0, 0.1) is 0 Å². The second-order valence-electron chi connectivity index (χ2n) is 6.86. The molecule has 2 fully saturated rings. The van der Waals surface area contributed by atoms with E-state index in [1.54, 1.807) is 6.07 Å². The number of benzene rings is 1. The van der Waals surface area contributed by atoms with E-state index in [0.29, 0.717) is 28.6 Å². The largest absolute Gasteiger partial charge is 0.358 e. The van der Waals surface area contributed by atoms with Gasteiger partial charge in [0.2, 0.25) is 0 Å². The lowest BCUT2D eigenvalue weighted by atomic mass is 9.99. The van der Waals surface area contributed by atoms with Crippen LogP contribution in [0.4, 0.5) is 8.78 Å². The fraction of sp³-hybridized carbons (Fsp3) is 0.556. The Morgan fingerprint density at radius 1 is 1.30 bits per heavy atom. The molecule has 0 amide bonds. The summed E-state index contributed by atoms with van der Waals surface area (Å²) in [7, 11) is 2.20. The molecule has 5 heteroatoms. The second kappa shape index (κ2) is 6.10. The lowest BCUT2D eigenvalue weighted by molar-refractivity contribution is 0.252. The summed E-state index contributed by atoms with van der Waals surface area (Å²) in [6.45, 7) is 1.16. The summed E-state index contributed by atoms with van der Waals surface area (Å²) < 4.78 is 25.4. The van der Waals surface area contributed by atoms with Gasteiger partial charge in [-0.1, -0.05) is 11.8 Å². The minimum absolute atomic E-state index is 0.581. The van der Waals surface area contributed by atoms with Crippen LogP contribution in [-0.2, 0) is 6.42 Å². The third kappa shape index (κ3) is 3.13. The lowest BCUT2D eigenvalue weighted by Crippen LogP contribution is -2.27. The first-order chi connectivity index (χ1) is 11.1. The Morgan fingerprint density at radius 2 is 2.13 bits per heavy atom. The van der Waals surface area contributed by atoms with Crippen LogP contribution in [-0.4, -0.2) is 35.3 Å². The van der Waals surface area contributed by atoms with Gasteiger partial charge in [0.1, 0.15) is 0 Å². The highest BCUT2D eigenvalue weighted by molar-refractivity contribution is 7.99. The molecule has 1 saturated carbocycles. The van der Waals surface area contributed by atoms with E-state index >= 15 is 0 Å². The van der Waals surface area contributed by atoms with Crippen molar-refractivity contribution in [3.05, 3.63) is 29.5 Å². The number of likely N-dealkylation sites (N-methyl/N-ethyl adjacent to an activating group) is 1. The van der Waals surface area contributed by atoms with Gasteiger partial charge in [0.05, 0.1) is 0 Å². The second-order valence-corrected chi connectivity index (χ2v) is 7.92. The van der Waals surface area contributed by atoms with Gasteiger partial charge in [-0.05, 0) is 75.4 Å². The van der Waals surface area contributed by atoms with Crippen molar-refractivity contribution in [3.8, 4) is 0 Å². The number of nitrogens with one attached hydrogen (secondary N) is 1. The van der Waals surface area contributed by atoms with E-state index in [1.165, 1.54) is 36.9 Å². The molecule has 0 bridgehead atoms. The molecule has 1 aromatic heterocycles. The zero-order valence-electron chi connectivity index (χ0n) is 13.3. The Labute approximate surface area is 139 Å². The van der Waals surface area contributed by atoms with E-state index in [2.05, 4.69) is 16.9 Å². The van der Waals surface area contributed by atoms with Crippen molar-refractivity contribution in [3.63, 3.8) is 0 Å². The van der Waals surface area contributed by atoms with Gasteiger partial charge >= 0.3 is 0 Å². The van der Waals surface area contributed by atoms with Crippen LogP contribution < -0.4 is 0 Å². The van der Waals surface area contributed by atoms with Crippen molar-refractivity contribution in [2.24, 2.45) is 0 Å². The van der Waals surface area contributed by atoms with Gasteiger partial charge < -0.3 is 9.88 Å². The number of fused-ring (bicyclic) bond motifs is 1. The first-order valence-corrected chi connectivity index (χ1v) is 9.29. The Hall–Kier alpha value is -1.07. The molecular formula is C18H22F2N2S. The normalized spacial score (nSPS) is 22.5. The van der Waals surface area contributed by atoms with E-state index in [-0.39, 0.29) is 0 Å². The summed E-state index contributed by atoms with van der Waals surface area (Å²) >= 11 is 0.641. The van der Waals surface area contributed by atoms with Crippen LogP contribution in [0.3, 0.4) is 0 Å². The maximum absolute atomic E-state index is 12.7.